The lowest BCUT2D eigenvalue weighted by Gasteiger charge is -2.21. The average molecular weight is 409 g/mol. The highest BCUT2D eigenvalue weighted by Crippen LogP contribution is 2.42. The Morgan fingerprint density at radius 3 is 2.42 bits per heavy atom. The number of aliphatic hydroxyl groups excluding tert-OH is 2. The Labute approximate surface area is 167 Å². The highest BCUT2D eigenvalue weighted by atomic mass is 35.5. The zero-order chi connectivity index (χ0) is 19.5. The number of hydrogen-bond donors (Lipinski definition) is 3. The zero-order valence-corrected chi connectivity index (χ0v) is 17.2. The molecule has 0 unspecified atom stereocenters. The molecule has 6 atom stereocenters. The van der Waals surface area contributed by atoms with Gasteiger partial charge in [0.2, 0.25) is 0 Å². The standard InChI is InChI=1S/C20H34Cl2O4/c1-14(23)7-6-8-15(24)11-12-17-16(18(21)13-19(17)22)9-4-2-3-5-10-20(25)26/h11-12,14-19,23-24H,2-10,13H2,1H3,(H,25,26)/b12-11+/t14-,15+,16-,17-,18-,19-/m1/s1. The Morgan fingerprint density at radius 2 is 1.77 bits per heavy atom. The molecule has 4 nitrogen and oxygen atoms in total. The topological polar surface area (TPSA) is 77.8 Å². The van der Waals surface area contributed by atoms with Gasteiger partial charge < -0.3 is 15.3 Å². The quantitative estimate of drug-likeness (QED) is 0.233. The maximum absolute atomic E-state index is 10.5. The van der Waals surface area contributed by atoms with Gasteiger partial charge in [-0.3, -0.25) is 4.79 Å². The maximum Gasteiger partial charge on any atom is 0.303 e. The molecule has 1 saturated carbocycles. The van der Waals surface area contributed by atoms with Crippen LogP contribution in [0.1, 0.15) is 71.1 Å². The van der Waals surface area contributed by atoms with Crippen LogP contribution in [0.4, 0.5) is 0 Å². The van der Waals surface area contributed by atoms with Crippen molar-refractivity contribution in [3.63, 3.8) is 0 Å². The summed E-state index contributed by atoms with van der Waals surface area (Å²) in [5.41, 5.74) is 0. The van der Waals surface area contributed by atoms with Crippen LogP contribution in [0.25, 0.3) is 0 Å². The van der Waals surface area contributed by atoms with Crippen molar-refractivity contribution < 1.29 is 20.1 Å². The number of carboxylic acids is 1. The molecule has 152 valence electrons. The molecule has 1 rings (SSSR count). The van der Waals surface area contributed by atoms with Crippen LogP contribution in [0.3, 0.4) is 0 Å². The van der Waals surface area contributed by atoms with Crippen molar-refractivity contribution in [2.75, 3.05) is 0 Å². The molecule has 0 bridgehead atoms. The summed E-state index contributed by atoms with van der Waals surface area (Å²) in [6.07, 6.45) is 10.8. The summed E-state index contributed by atoms with van der Waals surface area (Å²) in [4.78, 5) is 10.5. The fourth-order valence-electron chi connectivity index (χ4n) is 3.68. The van der Waals surface area contributed by atoms with Crippen molar-refractivity contribution in [1.82, 2.24) is 0 Å². The second-order valence-corrected chi connectivity index (χ2v) is 8.71. The third-order valence-electron chi connectivity index (χ3n) is 5.18. The number of allylic oxidation sites excluding steroid dienone is 1. The Hall–Kier alpha value is -0.290. The molecule has 0 aliphatic heterocycles. The number of hydrogen-bond acceptors (Lipinski definition) is 3. The van der Waals surface area contributed by atoms with Gasteiger partial charge in [-0.05, 0) is 57.3 Å². The first kappa shape index (κ1) is 23.7. The smallest absolute Gasteiger partial charge is 0.303 e. The van der Waals surface area contributed by atoms with Gasteiger partial charge in [-0.1, -0.05) is 31.4 Å². The van der Waals surface area contributed by atoms with Crippen LogP contribution < -0.4 is 0 Å². The van der Waals surface area contributed by atoms with E-state index in [0.717, 1.165) is 44.9 Å². The molecule has 0 aromatic rings. The number of alkyl halides is 2. The summed E-state index contributed by atoms with van der Waals surface area (Å²) in [5, 5.41) is 28.1. The molecule has 1 aliphatic rings. The number of aliphatic hydroxyl groups is 2. The monoisotopic (exact) mass is 408 g/mol. The highest BCUT2D eigenvalue weighted by Gasteiger charge is 2.39. The zero-order valence-electron chi connectivity index (χ0n) is 15.7. The normalized spacial score (nSPS) is 28.5. The van der Waals surface area contributed by atoms with E-state index in [2.05, 4.69) is 0 Å². The van der Waals surface area contributed by atoms with E-state index in [4.69, 9.17) is 28.3 Å². The fourth-order valence-corrected chi connectivity index (χ4v) is 4.72. The van der Waals surface area contributed by atoms with Crippen LogP contribution in [0.15, 0.2) is 12.2 Å². The van der Waals surface area contributed by atoms with E-state index in [1.807, 2.05) is 12.2 Å². The number of halogens is 2. The second-order valence-electron chi connectivity index (χ2n) is 7.59. The van der Waals surface area contributed by atoms with Gasteiger partial charge in [-0.2, -0.15) is 0 Å². The summed E-state index contributed by atoms with van der Waals surface area (Å²) in [6.45, 7) is 1.76. The van der Waals surface area contributed by atoms with E-state index in [1.54, 1.807) is 6.92 Å². The fraction of sp³-hybridized carbons (Fsp3) is 0.850. The lowest BCUT2D eigenvalue weighted by Crippen LogP contribution is -2.17. The molecule has 6 heteroatoms. The third-order valence-corrected chi connectivity index (χ3v) is 6.15. The van der Waals surface area contributed by atoms with Gasteiger partial charge in [-0.15, -0.1) is 23.2 Å². The summed E-state index contributed by atoms with van der Waals surface area (Å²) in [5.74, 6) is -0.257. The van der Waals surface area contributed by atoms with E-state index in [1.165, 1.54) is 0 Å². The van der Waals surface area contributed by atoms with Crippen LogP contribution in [-0.4, -0.2) is 44.3 Å². The molecule has 0 saturated heterocycles. The molecule has 0 spiro atoms. The number of carboxylic acid groups (broad SMARTS) is 1. The van der Waals surface area contributed by atoms with E-state index in [9.17, 15) is 15.0 Å². The summed E-state index contributed by atoms with van der Waals surface area (Å²) in [7, 11) is 0. The minimum atomic E-state index is -0.733. The van der Waals surface area contributed by atoms with Crippen LogP contribution in [0.5, 0.6) is 0 Å². The van der Waals surface area contributed by atoms with Crippen molar-refractivity contribution in [3.05, 3.63) is 12.2 Å². The molecule has 1 aliphatic carbocycles. The first-order valence-corrected chi connectivity index (χ1v) is 10.7. The summed E-state index contributed by atoms with van der Waals surface area (Å²) >= 11 is 13.0. The molecular weight excluding hydrogens is 375 g/mol. The SMILES string of the molecule is C[C@@H](O)CCC[C@H](O)/C=C/[C@@H]1[C@@H](CCCCCCC(=O)O)[C@H](Cl)C[C@H]1Cl. The van der Waals surface area contributed by atoms with Crippen molar-refractivity contribution in [3.8, 4) is 0 Å². The lowest BCUT2D eigenvalue weighted by molar-refractivity contribution is -0.137. The summed E-state index contributed by atoms with van der Waals surface area (Å²) < 4.78 is 0. The third kappa shape index (κ3) is 9.59. The molecule has 0 heterocycles. The van der Waals surface area contributed by atoms with Gasteiger partial charge in [0.1, 0.15) is 0 Å². The average Bonchev–Trinajstić information content (AvgIpc) is 2.81. The largest absolute Gasteiger partial charge is 0.481 e. The number of rotatable bonds is 13. The first-order chi connectivity index (χ1) is 12.3. The number of carbonyl (C=O) groups is 1. The van der Waals surface area contributed by atoms with Gasteiger partial charge in [-0.25, -0.2) is 0 Å². The van der Waals surface area contributed by atoms with E-state index in [-0.39, 0.29) is 29.2 Å². The van der Waals surface area contributed by atoms with Gasteiger partial charge in [0.05, 0.1) is 12.2 Å². The molecule has 0 aromatic heterocycles. The Bertz CT molecular complexity index is 428. The molecule has 1 fully saturated rings. The highest BCUT2D eigenvalue weighted by molar-refractivity contribution is 6.25. The van der Waals surface area contributed by atoms with Gasteiger partial charge in [0.25, 0.3) is 0 Å². The van der Waals surface area contributed by atoms with Crippen LogP contribution in [0.2, 0.25) is 0 Å². The van der Waals surface area contributed by atoms with Crippen LogP contribution >= 0.6 is 23.2 Å². The van der Waals surface area contributed by atoms with Crippen molar-refractivity contribution >= 4 is 29.2 Å². The van der Waals surface area contributed by atoms with Crippen molar-refractivity contribution in [1.29, 1.82) is 0 Å². The molecule has 26 heavy (non-hydrogen) atoms. The summed E-state index contributed by atoms with van der Waals surface area (Å²) in [6, 6.07) is 0. The molecule has 0 aromatic carbocycles. The minimum absolute atomic E-state index is 0.00424. The van der Waals surface area contributed by atoms with Gasteiger partial charge in [0, 0.05) is 17.2 Å². The molecule has 0 amide bonds. The van der Waals surface area contributed by atoms with Crippen LogP contribution in [-0.2, 0) is 4.79 Å². The molecule has 3 N–H and O–H groups in total. The Balaban J connectivity index is 2.38. The van der Waals surface area contributed by atoms with E-state index >= 15 is 0 Å². The van der Waals surface area contributed by atoms with Crippen LogP contribution in [0, 0.1) is 11.8 Å². The Kier molecular flexibility index (Phi) is 11.9. The first-order valence-electron chi connectivity index (χ1n) is 9.85. The minimum Gasteiger partial charge on any atom is -0.481 e. The van der Waals surface area contributed by atoms with E-state index in [0.29, 0.717) is 18.8 Å². The predicted octanol–water partition coefficient (Wildman–Crippen LogP) is 4.73. The lowest BCUT2D eigenvalue weighted by atomic mass is 9.89. The van der Waals surface area contributed by atoms with E-state index < -0.39 is 12.1 Å². The van der Waals surface area contributed by atoms with Crippen molar-refractivity contribution in [2.24, 2.45) is 11.8 Å². The Morgan fingerprint density at radius 1 is 1.08 bits per heavy atom. The van der Waals surface area contributed by atoms with Gasteiger partial charge >= 0.3 is 5.97 Å². The number of unbranched alkanes of at least 4 members (excludes halogenated alkanes) is 3. The second kappa shape index (κ2) is 13.0. The number of aliphatic carboxylic acids is 1. The predicted molar refractivity (Wildman–Crippen MR) is 107 cm³/mol. The van der Waals surface area contributed by atoms with Gasteiger partial charge in [0.15, 0.2) is 0 Å². The molecular formula is C20H34Cl2O4. The van der Waals surface area contributed by atoms with Crippen molar-refractivity contribution in [2.45, 2.75) is 94.1 Å². The molecule has 0 radical (unpaired) electrons. The maximum atomic E-state index is 10.5.